The SMILES string of the molecule is CC1(O)CCN(C(=O)COCC(F)(F)F)CC1. The minimum absolute atomic E-state index is 0.348. The Kier molecular flexibility index (Phi) is 4.37. The minimum atomic E-state index is -4.41. The number of aliphatic hydroxyl groups is 1. The van der Waals surface area contributed by atoms with Crippen LogP contribution in [0.5, 0.6) is 0 Å². The molecule has 1 heterocycles. The number of carbonyl (C=O) groups is 1. The number of likely N-dealkylation sites (tertiary alicyclic amines) is 1. The lowest BCUT2D eigenvalue weighted by Crippen LogP contribution is -2.46. The van der Waals surface area contributed by atoms with Gasteiger partial charge in [-0.3, -0.25) is 4.79 Å². The smallest absolute Gasteiger partial charge is 0.390 e. The highest BCUT2D eigenvalue weighted by atomic mass is 19.4. The lowest BCUT2D eigenvalue weighted by Gasteiger charge is -2.35. The Balaban J connectivity index is 2.25. The molecule has 1 saturated heterocycles. The van der Waals surface area contributed by atoms with Crippen molar-refractivity contribution < 1.29 is 27.8 Å². The van der Waals surface area contributed by atoms with E-state index in [2.05, 4.69) is 4.74 Å². The summed E-state index contributed by atoms with van der Waals surface area (Å²) < 4.78 is 39.6. The van der Waals surface area contributed by atoms with Gasteiger partial charge in [-0.05, 0) is 19.8 Å². The molecule has 1 amide bonds. The van der Waals surface area contributed by atoms with Crippen LogP contribution < -0.4 is 0 Å². The number of halogens is 3. The maximum atomic E-state index is 11.8. The maximum Gasteiger partial charge on any atom is 0.411 e. The van der Waals surface area contributed by atoms with E-state index in [1.165, 1.54) is 4.90 Å². The number of carbonyl (C=O) groups excluding carboxylic acids is 1. The van der Waals surface area contributed by atoms with Crippen molar-refractivity contribution in [3.63, 3.8) is 0 Å². The summed E-state index contributed by atoms with van der Waals surface area (Å²) in [6, 6.07) is 0. The average molecular weight is 255 g/mol. The first kappa shape index (κ1) is 14.2. The van der Waals surface area contributed by atoms with Crippen molar-refractivity contribution in [3.05, 3.63) is 0 Å². The van der Waals surface area contributed by atoms with Crippen LogP contribution in [0.2, 0.25) is 0 Å². The molecule has 1 rings (SSSR count). The minimum Gasteiger partial charge on any atom is -0.390 e. The van der Waals surface area contributed by atoms with Crippen molar-refractivity contribution in [3.8, 4) is 0 Å². The third-order valence-corrected chi connectivity index (χ3v) is 2.68. The average Bonchev–Trinajstić information content (AvgIpc) is 2.15. The molecule has 0 aromatic heterocycles. The molecule has 0 saturated carbocycles. The van der Waals surface area contributed by atoms with Crippen LogP contribution in [0.4, 0.5) is 13.2 Å². The number of hydrogen-bond donors (Lipinski definition) is 1. The largest absolute Gasteiger partial charge is 0.411 e. The Bertz CT molecular complexity index is 268. The van der Waals surface area contributed by atoms with Gasteiger partial charge in [-0.15, -0.1) is 0 Å². The second-order valence-electron chi connectivity index (χ2n) is 4.49. The van der Waals surface area contributed by atoms with Gasteiger partial charge in [0.15, 0.2) is 0 Å². The standard InChI is InChI=1S/C10H16F3NO3/c1-9(16)2-4-14(5-3-9)8(15)6-17-7-10(11,12)13/h16H,2-7H2,1H3. The van der Waals surface area contributed by atoms with Gasteiger partial charge in [-0.2, -0.15) is 13.2 Å². The molecule has 0 aromatic rings. The van der Waals surface area contributed by atoms with Gasteiger partial charge < -0.3 is 14.7 Å². The lowest BCUT2D eigenvalue weighted by atomic mass is 9.94. The molecule has 0 spiro atoms. The summed E-state index contributed by atoms with van der Waals surface area (Å²) in [5.41, 5.74) is -0.788. The van der Waals surface area contributed by atoms with Crippen molar-refractivity contribution in [2.75, 3.05) is 26.3 Å². The highest BCUT2D eigenvalue weighted by Gasteiger charge is 2.31. The number of piperidine rings is 1. The fraction of sp³-hybridized carbons (Fsp3) is 0.900. The zero-order chi connectivity index (χ0) is 13.1. The van der Waals surface area contributed by atoms with Crippen LogP contribution in [0, 0.1) is 0 Å². The third-order valence-electron chi connectivity index (χ3n) is 2.68. The molecule has 7 heteroatoms. The van der Waals surface area contributed by atoms with E-state index < -0.39 is 30.9 Å². The molecule has 4 nitrogen and oxygen atoms in total. The van der Waals surface area contributed by atoms with Crippen LogP contribution in [0.15, 0.2) is 0 Å². The Morgan fingerprint density at radius 1 is 1.41 bits per heavy atom. The van der Waals surface area contributed by atoms with Crippen molar-refractivity contribution in [2.45, 2.75) is 31.5 Å². The van der Waals surface area contributed by atoms with E-state index in [4.69, 9.17) is 0 Å². The molecule has 0 bridgehead atoms. The summed E-state index contributed by atoms with van der Waals surface area (Å²) in [6.45, 7) is 0.392. The Morgan fingerprint density at radius 2 is 1.94 bits per heavy atom. The molecule has 0 aromatic carbocycles. The summed E-state index contributed by atoms with van der Waals surface area (Å²) in [4.78, 5) is 12.9. The summed E-state index contributed by atoms with van der Waals surface area (Å²) in [5, 5.41) is 9.64. The van der Waals surface area contributed by atoms with Gasteiger partial charge in [0.1, 0.15) is 13.2 Å². The lowest BCUT2D eigenvalue weighted by molar-refractivity contribution is -0.178. The van der Waals surface area contributed by atoms with Crippen LogP contribution in [0.1, 0.15) is 19.8 Å². The van der Waals surface area contributed by atoms with Gasteiger partial charge in [0.25, 0.3) is 0 Å². The quantitative estimate of drug-likeness (QED) is 0.816. The normalized spacial score (nSPS) is 20.4. The van der Waals surface area contributed by atoms with Gasteiger partial charge in [0.2, 0.25) is 5.91 Å². The van der Waals surface area contributed by atoms with E-state index in [0.29, 0.717) is 25.9 Å². The molecule has 0 aliphatic carbocycles. The van der Waals surface area contributed by atoms with Crippen molar-refractivity contribution >= 4 is 5.91 Å². The molecule has 0 radical (unpaired) electrons. The third kappa shape index (κ3) is 5.36. The maximum absolute atomic E-state index is 11.8. The number of ether oxygens (including phenoxy) is 1. The van der Waals surface area contributed by atoms with Gasteiger partial charge in [-0.25, -0.2) is 0 Å². The first-order chi connectivity index (χ1) is 7.70. The highest BCUT2D eigenvalue weighted by molar-refractivity contribution is 5.77. The van der Waals surface area contributed by atoms with Crippen molar-refractivity contribution in [1.82, 2.24) is 4.90 Å². The molecule has 17 heavy (non-hydrogen) atoms. The summed E-state index contributed by atoms with van der Waals surface area (Å²) in [7, 11) is 0. The second-order valence-corrected chi connectivity index (χ2v) is 4.49. The molecule has 100 valence electrons. The van der Waals surface area contributed by atoms with Crippen LogP contribution in [-0.4, -0.2) is 54.0 Å². The van der Waals surface area contributed by atoms with Crippen molar-refractivity contribution in [1.29, 1.82) is 0 Å². The molecule has 1 fully saturated rings. The number of rotatable bonds is 3. The predicted octanol–water partition coefficient (Wildman–Crippen LogP) is 0.939. The number of hydrogen-bond acceptors (Lipinski definition) is 3. The van der Waals surface area contributed by atoms with Crippen molar-refractivity contribution in [2.24, 2.45) is 0 Å². The van der Waals surface area contributed by atoms with Gasteiger partial charge in [-0.1, -0.05) is 0 Å². The molecule has 0 unspecified atom stereocenters. The summed E-state index contributed by atoms with van der Waals surface area (Å²) in [5.74, 6) is -0.468. The molecule has 1 N–H and O–H groups in total. The van der Waals surface area contributed by atoms with Gasteiger partial charge in [0, 0.05) is 13.1 Å². The first-order valence-electron chi connectivity index (χ1n) is 5.34. The molecular formula is C10H16F3NO3. The molecule has 1 aliphatic rings. The molecule has 1 aliphatic heterocycles. The van der Waals surface area contributed by atoms with E-state index in [1.807, 2.05) is 0 Å². The first-order valence-corrected chi connectivity index (χ1v) is 5.34. The Labute approximate surface area is 97.3 Å². The van der Waals surface area contributed by atoms with Crippen LogP contribution in [0.25, 0.3) is 0 Å². The van der Waals surface area contributed by atoms with E-state index in [0.717, 1.165) is 0 Å². The summed E-state index contributed by atoms with van der Waals surface area (Å²) in [6.07, 6.45) is -3.55. The number of amides is 1. The van der Waals surface area contributed by atoms with Crippen LogP contribution in [-0.2, 0) is 9.53 Å². The van der Waals surface area contributed by atoms with Gasteiger partial charge in [0.05, 0.1) is 5.60 Å². The van der Waals surface area contributed by atoms with Crippen LogP contribution in [0.3, 0.4) is 0 Å². The number of nitrogens with zero attached hydrogens (tertiary/aromatic N) is 1. The predicted molar refractivity (Wildman–Crippen MR) is 53.3 cm³/mol. The molecular weight excluding hydrogens is 239 g/mol. The molecule has 0 atom stereocenters. The zero-order valence-corrected chi connectivity index (χ0v) is 9.59. The van der Waals surface area contributed by atoms with E-state index in [9.17, 15) is 23.1 Å². The van der Waals surface area contributed by atoms with Crippen LogP contribution >= 0.6 is 0 Å². The topological polar surface area (TPSA) is 49.8 Å². The fourth-order valence-corrected chi connectivity index (χ4v) is 1.58. The van der Waals surface area contributed by atoms with E-state index in [-0.39, 0.29) is 0 Å². The monoisotopic (exact) mass is 255 g/mol. The Hall–Kier alpha value is -0.820. The fourth-order valence-electron chi connectivity index (χ4n) is 1.58. The van der Waals surface area contributed by atoms with E-state index in [1.54, 1.807) is 6.92 Å². The highest BCUT2D eigenvalue weighted by Crippen LogP contribution is 2.21. The van der Waals surface area contributed by atoms with Gasteiger partial charge >= 0.3 is 6.18 Å². The second kappa shape index (κ2) is 5.22. The van der Waals surface area contributed by atoms with E-state index >= 15 is 0 Å². The summed E-state index contributed by atoms with van der Waals surface area (Å²) >= 11 is 0. The zero-order valence-electron chi connectivity index (χ0n) is 9.59. The Morgan fingerprint density at radius 3 is 2.41 bits per heavy atom. The number of alkyl halides is 3.